The molecule has 4 saturated heterocycles. The van der Waals surface area contributed by atoms with Gasteiger partial charge in [0, 0.05) is 24.7 Å². The highest BCUT2D eigenvalue weighted by Crippen LogP contribution is 2.42. The number of rotatable bonds is 21. The predicted molar refractivity (Wildman–Crippen MR) is 173 cm³/mol. The smallest absolute Gasteiger partial charge is 0.123 e. The van der Waals surface area contributed by atoms with E-state index in [9.17, 15) is 0 Å². The molecule has 0 amide bonds. The van der Waals surface area contributed by atoms with E-state index in [1.807, 2.05) is 6.07 Å². The van der Waals surface area contributed by atoms with E-state index in [-0.39, 0.29) is 12.2 Å². The molecule has 0 radical (unpaired) electrons. The number of benzene rings is 3. The molecule has 7 rings (SSSR count). The van der Waals surface area contributed by atoms with Crippen LogP contribution in [0.15, 0.2) is 66.7 Å². The van der Waals surface area contributed by atoms with Gasteiger partial charge in [0.15, 0.2) is 0 Å². The molecule has 46 heavy (non-hydrogen) atoms. The summed E-state index contributed by atoms with van der Waals surface area (Å²) in [6, 6.07) is 24.4. The molecule has 0 bridgehead atoms. The van der Waals surface area contributed by atoms with Gasteiger partial charge in [-0.15, -0.1) is 0 Å². The first-order chi connectivity index (χ1) is 22.6. The Hall–Kier alpha value is -2.98. The fraction of sp³-hybridized carbons (Fsp3) is 0.526. The first-order valence-electron chi connectivity index (χ1n) is 16.8. The minimum atomic E-state index is -0.457. The summed E-state index contributed by atoms with van der Waals surface area (Å²) in [4.78, 5) is 0. The SMILES string of the molecule is CC(c1ccc(CCCOCC2CO2)cc1)(c1ccc(CCCOCC2CO2)cc1)c1cc(OCC2CO2)cc(OCC2CO2)c1. The van der Waals surface area contributed by atoms with Crippen LogP contribution in [0.2, 0.25) is 0 Å². The maximum Gasteiger partial charge on any atom is 0.123 e. The van der Waals surface area contributed by atoms with Gasteiger partial charge >= 0.3 is 0 Å². The first-order valence-corrected chi connectivity index (χ1v) is 16.8. The van der Waals surface area contributed by atoms with Crippen LogP contribution in [0.5, 0.6) is 11.5 Å². The molecule has 246 valence electrons. The van der Waals surface area contributed by atoms with Crippen LogP contribution >= 0.6 is 0 Å². The number of aryl methyl sites for hydroxylation is 2. The molecule has 0 aromatic heterocycles. The molecule has 3 aromatic carbocycles. The summed E-state index contributed by atoms with van der Waals surface area (Å²) in [5, 5.41) is 0. The second kappa shape index (κ2) is 14.8. The van der Waals surface area contributed by atoms with Gasteiger partial charge in [0.1, 0.15) is 49.1 Å². The number of hydrogen-bond donors (Lipinski definition) is 0. The van der Waals surface area contributed by atoms with E-state index in [0.29, 0.717) is 38.6 Å². The van der Waals surface area contributed by atoms with E-state index in [4.69, 9.17) is 37.9 Å². The van der Waals surface area contributed by atoms with Crippen LogP contribution < -0.4 is 9.47 Å². The minimum Gasteiger partial charge on any atom is -0.491 e. The van der Waals surface area contributed by atoms with Crippen molar-refractivity contribution in [3.05, 3.63) is 94.5 Å². The molecule has 0 saturated carbocycles. The maximum atomic E-state index is 6.23. The van der Waals surface area contributed by atoms with Crippen molar-refractivity contribution in [3.63, 3.8) is 0 Å². The third-order valence-corrected chi connectivity index (χ3v) is 9.12. The summed E-state index contributed by atoms with van der Waals surface area (Å²) >= 11 is 0. The fourth-order valence-corrected chi connectivity index (χ4v) is 5.76. The molecule has 3 aromatic rings. The summed E-state index contributed by atoms with van der Waals surface area (Å²) in [6.45, 7) is 9.44. The molecule has 4 aliphatic heterocycles. The molecule has 4 aliphatic rings. The summed E-state index contributed by atoms with van der Waals surface area (Å²) in [5.41, 5.74) is 5.68. The monoisotopic (exact) mass is 630 g/mol. The van der Waals surface area contributed by atoms with Crippen molar-refractivity contribution < 1.29 is 37.9 Å². The van der Waals surface area contributed by atoms with Crippen molar-refractivity contribution in [1.29, 1.82) is 0 Å². The van der Waals surface area contributed by atoms with Crippen LogP contribution in [-0.2, 0) is 46.7 Å². The Morgan fingerprint density at radius 2 is 0.935 bits per heavy atom. The molecule has 0 spiro atoms. The molecule has 4 fully saturated rings. The number of epoxide rings is 4. The highest BCUT2D eigenvalue weighted by atomic mass is 16.6. The largest absolute Gasteiger partial charge is 0.491 e. The third kappa shape index (κ3) is 9.09. The second-order valence-electron chi connectivity index (χ2n) is 13.0. The van der Waals surface area contributed by atoms with Crippen molar-refractivity contribution in [3.8, 4) is 11.5 Å². The molecule has 4 unspecified atom stereocenters. The van der Waals surface area contributed by atoms with Crippen LogP contribution in [0.25, 0.3) is 0 Å². The van der Waals surface area contributed by atoms with Gasteiger partial charge in [-0.05, 0) is 72.6 Å². The van der Waals surface area contributed by atoms with Gasteiger partial charge < -0.3 is 37.9 Å². The first kappa shape index (κ1) is 31.6. The Morgan fingerprint density at radius 3 is 1.33 bits per heavy atom. The van der Waals surface area contributed by atoms with E-state index >= 15 is 0 Å². The lowest BCUT2D eigenvalue weighted by Gasteiger charge is -2.33. The topological polar surface area (TPSA) is 87.0 Å². The molecule has 0 N–H and O–H groups in total. The summed E-state index contributed by atoms with van der Waals surface area (Å²) in [7, 11) is 0. The van der Waals surface area contributed by atoms with Crippen molar-refractivity contribution in [1.82, 2.24) is 0 Å². The summed E-state index contributed by atoms with van der Waals surface area (Å²) < 4.78 is 45.3. The summed E-state index contributed by atoms with van der Waals surface area (Å²) in [5.74, 6) is 1.57. The average Bonchev–Trinajstić information content (AvgIpc) is 3.89. The van der Waals surface area contributed by atoms with E-state index in [2.05, 4.69) is 67.6 Å². The van der Waals surface area contributed by atoms with Gasteiger partial charge in [-0.3, -0.25) is 0 Å². The highest BCUT2D eigenvalue weighted by Gasteiger charge is 2.33. The lowest BCUT2D eigenvalue weighted by molar-refractivity contribution is 0.114. The highest BCUT2D eigenvalue weighted by molar-refractivity contribution is 5.54. The molecule has 8 heteroatoms. The van der Waals surface area contributed by atoms with Gasteiger partial charge in [-0.25, -0.2) is 0 Å². The van der Waals surface area contributed by atoms with Crippen LogP contribution in [-0.4, -0.2) is 90.5 Å². The molecule has 4 atom stereocenters. The quantitative estimate of drug-likeness (QED) is 0.0892. The van der Waals surface area contributed by atoms with Crippen molar-refractivity contribution in [2.24, 2.45) is 0 Å². The van der Waals surface area contributed by atoms with Crippen molar-refractivity contribution in [2.75, 3.05) is 66.1 Å². The van der Waals surface area contributed by atoms with E-state index in [0.717, 1.165) is 82.4 Å². The fourth-order valence-electron chi connectivity index (χ4n) is 5.76. The van der Waals surface area contributed by atoms with Crippen LogP contribution in [0.3, 0.4) is 0 Å². The van der Waals surface area contributed by atoms with Crippen molar-refractivity contribution in [2.45, 2.75) is 62.4 Å². The molecule has 8 nitrogen and oxygen atoms in total. The summed E-state index contributed by atoms with van der Waals surface area (Å²) in [6.07, 6.45) is 4.88. The van der Waals surface area contributed by atoms with E-state index in [1.54, 1.807) is 0 Å². The third-order valence-electron chi connectivity index (χ3n) is 9.12. The lowest BCUT2D eigenvalue weighted by atomic mass is 9.70. The normalized spacial score (nSPS) is 23.8. The van der Waals surface area contributed by atoms with Crippen LogP contribution in [0.4, 0.5) is 0 Å². The number of hydrogen-bond acceptors (Lipinski definition) is 8. The van der Waals surface area contributed by atoms with E-state index in [1.165, 1.54) is 22.3 Å². The van der Waals surface area contributed by atoms with Gasteiger partial charge in [0.25, 0.3) is 0 Å². The minimum absolute atomic E-state index is 0.166. The zero-order valence-electron chi connectivity index (χ0n) is 26.8. The standard InChI is InChI=1S/C38H46O8/c1-38(29-10-6-27(7-11-29)4-2-14-39-19-34-21-43-34,30-12-8-28(9-13-30)5-3-15-40-20-35-22-44-35)31-16-32(41-23-36-25-45-36)18-33(17-31)42-24-37-26-46-37/h6-13,16-18,34-37H,2-5,14-15,19-26H2,1H3. The zero-order chi connectivity index (χ0) is 31.2. The van der Waals surface area contributed by atoms with Crippen molar-refractivity contribution >= 4 is 0 Å². The van der Waals surface area contributed by atoms with Gasteiger partial charge in [-0.2, -0.15) is 0 Å². The Kier molecular flexibility index (Phi) is 10.2. The Balaban J connectivity index is 1.11. The predicted octanol–water partition coefficient (Wildman–Crippen LogP) is 5.29. The van der Waals surface area contributed by atoms with E-state index < -0.39 is 5.41 Å². The second-order valence-corrected chi connectivity index (χ2v) is 13.0. The Labute approximate surface area is 272 Å². The molecule has 4 heterocycles. The van der Waals surface area contributed by atoms with Gasteiger partial charge in [0.05, 0.1) is 39.6 Å². The maximum absolute atomic E-state index is 6.23. The van der Waals surface area contributed by atoms with Crippen LogP contribution in [0, 0.1) is 0 Å². The van der Waals surface area contributed by atoms with Crippen LogP contribution in [0.1, 0.15) is 47.6 Å². The average molecular weight is 631 g/mol. The molecular weight excluding hydrogens is 584 g/mol. The Morgan fingerprint density at radius 1 is 0.543 bits per heavy atom. The molecular formula is C38H46O8. The lowest BCUT2D eigenvalue weighted by Crippen LogP contribution is -2.26. The van der Waals surface area contributed by atoms with Gasteiger partial charge in [-0.1, -0.05) is 48.5 Å². The van der Waals surface area contributed by atoms with Gasteiger partial charge in [0.2, 0.25) is 0 Å². The molecule has 0 aliphatic carbocycles. The zero-order valence-corrected chi connectivity index (χ0v) is 26.8. The number of ether oxygens (including phenoxy) is 8. The Bertz CT molecular complexity index is 1290.